The summed E-state index contributed by atoms with van der Waals surface area (Å²) in [4.78, 5) is 11.7. The molecule has 3 atom stereocenters. The molecule has 0 aliphatic heterocycles. The first-order valence-corrected chi connectivity index (χ1v) is 5.77. The average molecular weight is 250 g/mol. The predicted octanol–water partition coefficient (Wildman–Crippen LogP) is -1.43. The van der Waals surface area contributed by atoms with Gasteiger partial charge in [0.15, 0.2) is 11.4 Å². The molecule has 0 aromatic heterocycles. The molecule has 0 aromatic rings. The monoisotopic (exact) mass is 250 g/mol. The Labute approximate surface area is 101 Å². The van der Waals surface area contributed by atoms with Gasteiger partial charge in [-0.1, -0.05) is 19.8 Å². The highest BCUT2D eigenvalue weighted by Gasteiger charge is 2.45. The Bertz CT molecular complexity index is 232. The smallest absolute Gasteiger partial charge is 0.174 e. The van der Waals surface area contributed by atoms with Crippen molar-refractivity contribution in [3.05, 3.63) is 0 Å². The third-order valence-electron chi connectivity index (χ3n) is 2.77. The Morgan fingerprint density at radius 3 is 2.24 bits per heavy atom. The van der Waals surface area contributed by atoms with Crippen LogP contribution in [0.5, 0.6) is 0 Å². The van der Waals surface area contributed by atoms with E-state index in [9.17, 15) is 20.1 Å². The minimum Gasteiger partial charge on any atom is -0.394 e. The van der Waals surface area contributed by atoms with Crippen LogP contribution in [0.2, 0.25) is 0 Å². The average Bonchev–Trinajstić information content (AvgIpc) is 2.35. The van der Waals surface area contributed by atoms with Crippen LogP contribution in [0.3, 0.4) is 0 Å². The predicted molar refractivity (Wildman–Crippen MR) is 60.3 cm³/mol. The van der Waals surface area contributed by atoms with Crippen LogP contribution >= 0.6 is 0 Å². The van der Waals surface area contributed by atoms with Gasteiger partial charge in [-0.05, 0) is 6.42 Å². The molecule has 0 radical (unpaired) electrons. The standard InChI is InChI=1S/C11H22O6/c1-2-3-4-5-9(15)11(17,7-13)10(16)8(14)6-12/h8,10,12-14,16-17H,2-7H2,1H3. The molecule has 0 rings (SSSR count). The largest absolute Gasteiger partial charge is 0.394 e. The number of aliphatic hydroxyl groups is 5. The number of aliphatic hydroxyl groups excluding tert-OH is 4. The van der Waals surface area contributed by atoms with Gasteiger partial charge in [0.1, 0.15) is 12.2 Å². The SMILES string of the molecule is CCCCCC(=O)C(O)(CO)C(O)C(O)CO. The molecule has 0 aromatic carbocycles. The molecular weight excluding hydrogens is 228 g/mol. The van der Waals surface area contributed by atoms with Gasteiger partial charge in [0.25, 0.3) is 0 Å². The molecule has 6 heteroatoms. The van der Waals surface area contributed by atoms with E-state index in [-0.39, 0.29) is 6.42 Å². The second-order valence-electron chi connectivity index (χ2n) is 4.16. The number of hydrogen-bond acceptors (Lipinski definition) is 6. The minimum atomic E-state index is -2.41. The van der Waals surface area contributed by atoms with Crippen molar-refractivity contribution >= 4 is 5.78 Å². The van der Waals surface area contributed by atoms with E-state index >= 15 is 0 Å². The highest BCUT2D eigenvalue weighted by molar-refractivity contribution is 5.88. The maximum absolute atomic E-state index is 11.7. The van der Waals surface area contributed by atoms with Gasteiger partial charge in [0, 0.05) is 6.42 Å². The van der Waals surface area contributed by atoms with E-state index in [1.54, 1.807) is 0 Å². The first-order valence-electron chi connectivity index (χ1n) is 5.77. The van der Waals surface area contributed by atoms with E-state index < -0.39 is 36.8 Å². The summed E-state index contributed by atoms with van der Waals surface area (Å²) in [7, 11) is 0. The van der Waals surface area contributed by atoms with Crippen LogP contribution in [-0.4, -0.2) is 62.3 Å². The van der Waals surface area contributed by atoms with Gasteiger partial charge in [-0.2, -0.15) is 0 Å². The lowest BCUT2D eigenvalue weighted by Gasteiger charge is -2.32. The van der Waals surface area contributed by atoms with E-state index in [0.717, 1.165) is 12.8 Å². The fourth-order valence-electron chi connectivity index (χ4n) is 1.52. The van der Waals surface area contributed by atoms with E-state index in [0.29, 0.717) is 6.42 Å². The Balaban J connectivity index is 4.58. The number of rotatable bonds is 9. The first-order chi connectivity index (χ1) is 7.93. The topological polar surface area (TPSA) is 118 Å². The van der Waals surface area contributed by atoms with Gasteiger partial charge in [0.05, 0.1) is 13.2 Å². The molecule has 0 fully saturated rings. The summed E-state index contributed by atoms with van der Waals surface area (Å²) in [5, 5.41) is 46.2. The van der Waals surface area contributed by atoms with Crippen molar-refractivity contribution in [3.63, 3.8) is 0 Å². The molecule has 17 heavy (non-hydrogen) atoms. The van der Waals surface area contributed by atoms with Crippen molar-refractivity contribution in [3.8, 4) is 0 Å². The van der Waals surface area contributed by atoms with Crippen molar-refractivity contribution in [2.24, 2.45) is 0 Å². The number of carbonyl (C=O) groups is 1. The molecule has 102 valence electrons. The summed E-state index contributed by atoms with van der Waals surface area (Å²) < 4.78 is 0. The van der Waals surface area contributed by atoms with Gasteiger partial charge >= 0.3 is 0 Å². The fourth-order valence-corrected chi connectivity index (χ4v) is 1.52. The van der Waals surface area contributed by atoms with E-state index in [1.807, 2.05) is 6.92 Å². The molecule has 0 saturated heterocycles. The molecule has 5 N–H and O–H groups in total. The van der Waals surface area contributed by atoms with E-state index in [2.05, 4.69) is 0 Å². The lowest BCUT2D eigenvalue weighted by molar-refractivity contribution is -0.174. The normalized spacial score (nSPS) is 18.5. The van der Waals surface area contributed by atoms with Gasteiger partial charge in [-0.3, -0.25) is 4.79 Å². The maximum atomic E-state index is 11.7. The highest BCUT2D eigenvalue weighted by atomic mass is 16.4. The molecule has 0 aliphatic carbocycles. The van der Waals surface area contributed by atoms with Crippen LogP contribution in [-0.2, 0) is 4.79 Å². The molecule has 0 bridgehead atoms. The molecule has 0 aliphatic rings. The van der Waals surface area contributed by atoms with Crippen molar-refractivity contribution in [1.29, 1.82) is 0 Å². The summed E-state index contributed by atoms with van der Waals surface area (Å²) in [6.45, 7) is 0.162. The van der Waals surface area contributed by atoms with Gasteiger partial charge in [-0.25, -0.2) is 0 Å². The molecule has 0 saturated carbocycles. The third kappa shape index (κ3) is 4.33. The van der Waals surface area contributed by atoms with Crippen molar-refractivity contribution < 1.29 is 30.3 Å². The molecule has 0 amide bonds. The lowest BCUT2D eigenvalue weighted by Crippen LogP contribution is -2.58. The van der Waals surface area contributed by atoms with Gasteiger partial charge in [0.2, 0.25) is 0 Å². The Hall–Kier alpha value is -0.530. The van der Waals surface area contributed by atoms with Crippen LogP contribution in [0.4, 0.5) is 0 Å². The van der Waals surface area contributed by atoms with Crippen LogP contribution in [0.1, 0.15) is 32.6 Å². The second-order valence-corrected chi connectivity index (χ2v) is 4.16. The quantitative estimate of drug-likeness (QED) is 0.320. The lowest BCUT2D eigenvalue weighted by atomic mass is 9.86. The van der Waals surface area contributed by atoms with Crippen LogP contribution in [0, 0.1) is 0 Å². The number of Topliss-reactive ketones (excluding diaryl/α,β-unsaturated/α-hetero) is 1. The summed E-state index contributed by atoms with van der Waals surface area (Å²) >= 11 is 0. The molecule has 0 heterocycles. The maximum Gasteiger partial charge on any atom is 0.174 e. The Kier molecular flexibility index (Phi) is 7.49. The zero-order valence-electron chi connectivity index (χ0n) is 10.0. The summed E-state index contributed by atoms with van der Waals surface area (Å²) in [6, 6.07) is 0. The third-order valence-corrected chi connectivity index (χ3v) is 2.77. The molecule has 3 unspecified atom stereocenters. The van der Waals surface area contributed by atoms with Crippen LogP contribution in [0.25, 0.3) is 0 Å². The Morgan fingerprint density at radius 1 is 1.24 bits per heavy atom. The summed E-state index contributed by atoms with van der Waals surface area (Å²) in [6.07, 6.45) is -1.31. The van der Waals surface area contributed by atoms with Crippen LogP contribution in [0.15, 0.2) is 0 Å². The minimum absolute atomic E-state index is 0.0140. The number of ketones is 1. The molecule has 6 nitrogen and oxygen atoms in total. The summed E-state index contributed by atoms with van der Waals surface area (Å²) in [5.74, 6) is -0.728. The zero-order valence-corrected chi connectivity index (χ0v) is 10.0. The number of carbonyl (C=O) groups excluding carboxylic acids is 1. The van der Waals surface area contributed by atoms with E-state index in [1.165, 1.54) is 0 Å². The summed E-state index contributed by atoms with van der Waals surface area (Å²) in [5.41, 5.74) is -2.41. The number of unbranched alkanes of at least 4 members (excludes halogenated alkanes) is 2. The Morgan fingerprint density at radius 2 is 1.82 bits per heavy atom. The van der Waals surface area contributed by atoms with Crippen LogP contribution < -0.4 is 0 Å². The molecule has 0 spiro atoms. The second kappa shape index (κ2) is 7.73. The number of hydrogen-bond donors (Lipinski definition) is 5. The zero-order chi connectivity index (χ0) is 13.5. The fraction of sp³-hybridized carbons (Fsp3) is 0.909. The van der Waals surface area contributed by atoms with Gasteiger partial charge < -0.3 is 25.5 Å². The van der Waals surface area contributed by atoms with Crippen molar-refractivity contribution in [2.75, 3.05) is 13.2 Å². The van der Waals surface area contributed by atoms with Crippen molar-refractivity contribution in [1.82, 2.24) is 0 Å². The van der Waals surface area contributed by atoms with E-state index in [4.69, 9.17) is 10.2 Å². The highest BCUT2D eigenvalue weighted by Crippen LogP contribution is 2.18. The first kappa shape index (κ1) is 16.5. The molecular formula is C11H22O6. The van der Waals surface area contributed by atoms with Gasteiger partial charge in [-0.15, -0.1) is 0 Å². The van der Waals surface area contributed by atoms with Crippen molar-refractivity contribution in [2.45, 2.75) is 50.4 Å².